The molecular formula is C21H41NO. The third-order valence-corrected chi connectivity index (χ3v) is 6.10. The van der Waals surface area contributed by atoms with Crippen LogP contribution in [0, 0.1) is 23.7 Å². The third kappa shape index (κ3) is 7.13. The fraction of sp³-hybridized carbons (Fsp3) is 1.00. The van der Waals surface area contributed by atoms with Gasteiger partial charge in [-0.2, -0.15) is 0 Å². The van der Waals surface area contributed by atoms with Gasteiger partial charge in [0, 0.05) is 26.2 Å². The minimum absolute atomic E-state index is 0.537. The molecule has 0 aromatic heterocycles. The minimum Gasteiger partial charge on any atom is -0.378 e. The van der Waals surface area contributed by atoms with Crippen molar-refractivity contribution in [3.05, 3.63) is 0 Å². The molecule has 0 atom stereocenters. The van der Waals surface area contributed by atoms with Crippen molar-refractivity contribution in [1.29, 1.82) is 0 Å². The van der Waals surface area contributed by atoms with Crippen LogP contribution in [0.15, 0.2) is 0 Å². The molecule has 1 aliphatic carbocycles. The minimum atomic E-state index is 0.537. The Hall–Kier alpha value is -0.0800. The van der Waals surface area contributed by atoms with Crippen molar-refractivity contribution >= 4 is 0 Å². The van der Waals surface area contributed by atoms with Crippen LogP contribution in [0.5, 0.6) is 0 Å². The molecule has 0 radical (unpaired) electrons. The van der Waals surface area contributed by atoms with Crippen LogP contribution in [0.1, 0.15) is 79.1 Å². The molecule has 2 heteroatoms. The Morgan fingerprint density at radius 2 is 1.57 bits per heavy atom. The molecule has 23 heavy (non-hydrogen) atoms. The van der Waals surface area contributed by atoms with E-state index in [0.29, 0.717) is 6.10 Å². The number of hydrogen-bond donors (Lipinski definition) is 0. The Morgan fingerprint density at radius 1 is 0.913 bits per heavy atom. The van der Waals surface area contributed by atoms with Gasteiger partial charge in [-0.25, -0.2) is 0 Å². The fourth-order valence-electron chi connectivity index (χ4n) is 4.54. The highest BCUT2D eigenvalue weighted by Gasteiger charge is 2.23. The van der Waals surface area contributed by atoms with E-state index < -0.39 is 0 Å². The first-order chi connectivity index (χ1) is 11.0. The van der Waals surface area contributed by atoms with Gasteiger partial charge in [0.25, 0.3) is 0 Å². The molecule has 0 N–H and O–H groups in total. The van der Waals surface area contributed by atoms with Crippen LogP contribution >= 0.6 is 0 Å². The maximum atomic E-state index is 6.16. The van der Waals surface area contributed by atoms with E-state index in [1.165, 1.54) is 71.0 Å². The van der Waals surface area contributed by atoms with Gasteiger partial charge in [0.05, 0.1) is 6.10 Å². The summed E-state index contributed by atoms with van der Waals surface area (Å²) in [5, 5.41) is 0. The number of nitrogens with zero attached hydrogens (tertiary/aromatic N) is 1. The van der Waals surface area contributed by atoms with E-state index in [1.54, 1.807) is 0 Å². The summed E-state index contributed by atoms with van der Waals surface area (Å²) in [7, 11) is 0. The summed E-state index contributed by atoms with van der Waals surface area (Å²) in [4.78, 5) is 2.61. The second kappa shape index (κ2) is 10.0. The maximum absolute atomic E-state index is 6.16. The molecule has 0 bridgehead atoms. The van der Waals surface area contributed by atoms with E-state index in [0.717, 1.165) is 30.3 Å². The SMILES string of the molecule is CC(C)CN1CCC(OCCCC2CCC(C(C)C)CC2)CC1. The predicted molar refractivity (Wildman–Crippen MR) is 99.8 cm³/mol. The first kappa shape index (κ1) is 19.2. The molecule has 0 amide bonds. The Bertz CT molecular complexity index is 299. The van der Waals surface area contributed by atoms with Crippen molar-refractivity contribution in [1.82, 2.24) is 4.90 Å². The van der Waals surface area contributed by atoms with Crippen molar-refractivity contribution < 1.29 is 4.74 Å². The highest BCUT2D eigenvalue weighted by atomic mass is 16.5. The molecule has 0 unspecified atom stereocenters. The van der Waals surface area contributed by atoms with E-state index in [9.17, 15) is 0 Å². The van der Waals surface area contributed by atoms with Gasteiger partial charge in [0.1, 0.15) is 0 Å². The van der Waals surface area contributed by atoms with Crippen molar-refractivity contribution in [3.63, 3.8) is 0 Å². The number of ether oxygens (including phenoxy) is 1. The van der Waals surface area contributed by atoms with Crippen LogP contribution in [0.3, 0.4) is 0 Å². The molecule has 2 aliphatic rings. The van der Waals surface area contributed by atoms with Gasteiger partial charge < -0.3 is 9.64 Å². The first-order valence-corrected chi connectivity index (χ1v) is 10.4. The van der Waals surface area contributed by atoms with E-state index in [-0.39, 0.29) is 0 Å². The molecule has 1 saturated heterocycles. The van der Waals surface area contributed by atoms with Gasteiger partial charge in [-0.05, 0) is 62.2 Å². The van der Waals surface area contributed by atoms with Gasteiger partial charge in [-0.3, -0.25) is 0 Å². The van der Waals surface area contributed by atoms with Crippen molar-refractivity contribution in [2.24, 2.45) is 23.7 Å². The summed E-state index contributed by atoms with van der Waals surface area (Å²) in [6, 6.07) is 0. The highest BCUT2D eigenvalue weighted by Crippen LogP contribution is 2.35. The smallest absolute Gasteiger partial charge is 0.0599 e. The van der Waals surface area contributed by atoms with E-state index in [2.05, 4.69) is 32.6 Å². The largest absolute Gasteiger partial charge is 0.378 e. The van der Waals surface area contributed by atoms with Crippen molar-refractivity contribution in [2.75, 3.05) is 26.2 Å². The first-order valence-electron chi connectivity index (χ1n) is 10.4. The van der Waals surface area contributed by atoms with Gasteiger partial charge >= 0.3 is 0 Å². The summed E-state index contributed by atoms with van der Waals surface area (Å²) in [6.07, 6.45) is 11.6. The standard InChI is InChI=1S/C21H41NO/c1-17(2)16-22-13-11-21(12-14-22)23-15-5-6-19-7-9-20(10-8-19)18(3)4/h17-21H,5-16H2,1-4H3. The van der Waals surface area contributed by atoms with Gasteiger partial charge in [-0.1, -0.05) is 40.5 Å². The van der Waals surface area contributed by atoms with Crippen molar-refractivity contribution in [2.45, 2.75) is 85.2 Å². The predicted octanol–water partition coefficient (Wildman–Crippen LogP) is 5.37. The van der Waals surface area contributed by atoms with E-state index in [4.69, 9.17) is 4.74 Å². The number of rotatable bonds is 8. The molecular weight excluding hydrogens is 282 g/mol. The zero-order chi connectivity index (χ0) is 16.7. The molecule has 0 aromatic carbocycles. The quantitative estimate of drug-likeness (QED) is 0.557. The van der Waals surface area contributed by atoms with E-state index >= 15 is 0 Å². The second-order valence-corrected chi connectivity index (χ2v) is 8.93. The van der Waals surface area contributed by atoms with Crippen LogP contribution in [-0.4, -0.2) is 37.2 Å². The maximum Gasteiger partial charge on any atom is 0.0599 e. The molecule has 0 spiro atoms. The van der Waals surface area contributed by atoms with Crippen LogP contribution in [0.25, 0.3) is 0 Å². The van der Waals surface area contributed by atoms with Gasteiger partial charge in [0.2, 0.25) is 0 Å². The molecule has 1 heterocycles. The lowest BCUT2D eigenvalue weighted by Crippen LogP contribution is -2.39. The Labute approximate surface area is 145 Å². The summed E-state index contributed by atoms with van der Waals surface area (Å²) >= 11 is 0. The fourth-order valence-corrected chi connectivity index (χ4v) is 4.54. The lowest BCUT2D eigenvalue weighted by atomic mass is 9.76. The third-order valence-electron chi connectivity index (χ3n) is 6.10. The monoisotopic (exact) mass is 323 g/mol. The molecule has 136 valence electrons. The topological polar surface area (TPSA) is 12.5 Å². The average Bonchev–Trinajstić information content (AvgIpc) is 2.53. The average molecular weight is 324 g/mol. The number of likely N-dealkylation sites (tertiary alicyclic amines) is 1. The summed E-state index contributed by atoms with van der Waals surface area (Å²) < 4.78 is 6.16. The van der Waals surface area contributed by atoms with Crippen LogP contribution in [0.2, 0.25) is 0 Å². The lowest BCUT2D eigenvalue weighted by Gasteiger charge is -2.33. The zero-order valence-electron chi connectivity index (χ0n) is 16.2. The molecule has 2 fully saturated rings. The van der Waals surface area contributed by atoms with E-state index in [1.807, 2.05) is 0 Å². The van der Waals surface area contributed by atoms with Crippen LogP contribution < -0.4 is 0 Å². The summed E-state index contributed by atoms with van der Waals surface area (Å²) in [5.41, 5.74) is 0. The van der Waals surface area contributed by atoms with Gasteiger partial charge in [0.15, 0.2) is 0 Å². The molecule has 0 aromatic rings. The Kier molecular flexibility index (Phi) is 8.40. The van der Waals surface area contributed by atoms with Crippen LogP contribution in [0.4, 0.5) is 0 Å². The Morgan fingerprint density at radius 3 is 2.13 bits per heavy atom. The summed E-state index contributed by atoms with van der Waals surface area (Å²) in [5.74, 6) is 3.67. The van der Waals surface area contributed by atoms with Crippen molar-refractivity contribution in [3.8, 4) is 0 Å². The number of hydrogen-bond acceptors (Lipinski definition) is 2. The molecule has 1 saturated carbocycles. The number of piperidine rings is 1. The molecule has 2 rings (SSSR count). The Balaban J connectivity index is 1.49. The lowest BCUT2D eigenvalue weighted by molar-refractivity contribution is 0.00221. The second-order valence-electron chi connectivity index (χ2n) is 8.93. The molecule has 2 nitrogen and oxygen atoms in total. The summed E-state index contributed by atoms with van der Waals surface area (Å²) in [6.45, 7) is 14.2. The highest BCUT2D eigenvalue weighted by molar-refractivity contribution is 4.75. The zero-order valence-corrected chi connectivity index (χ0v) is 16.2. The van der Waals surface area contributed by atoms with Gasteiger partial charge in [-0.15, -0.1) is 0 Å². The normalized spacial score (nSPS) is 27.9. The molecule has 1 aliphatic heterocycles. The van der Waals surface area contributed by atoms with Crippen LogP contribution in [-0.2, 0) is 4.74 Å².